The molecule has 1 unspecified atom stereocenters. The summed E-state index contributed by atoms with van der Waals surface area (Å²) >= 11 is 0. The molecule has 0 spiro atoms. The number of hydrogen-bond acceptors (Lipinski definition) is 4. The van der Waals surface area contributed by atoms with Crippen molar-refractivity contribution in [3.05, 3.63) is 85.1 Å². The van der Waals surface area contributed by atoms with E-state index >= 15 is 0 Å². The zero-order chi connectivity index (χ0) is 38.0. The number of amides is 1. The molecule has 52 heavy (non-hydrogen) atoms. The third-order valence-electron chi connectivity index (χ3n) is 8.55. The van der Waals surface area contributed by atoms with E-state index in [1.54, 1.807) is 0 Å². The molecular formula is C46H75NO5. The van der Waals surface area contributed by atoms with Crippen molar-refractivity contribution >= 4 is 17.8 Å². The van der Waals surface area contributed by atoms with Crippen LogP contribution in [0, 0.1) is 0 Å². The second-order valence-corrected chi connectivity index (χ2v) is 13.5. The molecule has 0 radical (unpaired) electrons. The van der Waals surface area contributed by atoms with Gasteiger partial charge in [-0.3, -0.25) is 14.4 Å². The largest absolute Gasteiger partial charge is 0.480 e. The number of carbonyl (C=O) groups is 3. The molecule has 6 heteroatoms. The first kappa shape index (κ1) is 48.6. The van der Waals surface area contributed by atoms with E-state index < -0.39 is 5.97 Å². The fraction of sp³-hybridized carbons (Fsp3) is 0.630. The second-order valence-electron chi connectivity index (χ2n) is 13.5. The highest BCUT2D eigenvalue weighted by molar-refractivity contribution is 5.80. The number of allylic oxidation sites excluding steroid dienone is 14. The number of esters is 1. The predicted molar refractivity (Wildman–Crippen MR) is 221 cm³/mol. The molecule has 0 aliphatic heterocycles. The van der Waals surface area contributed by atoms with Crippen molar-refractivity contribution in [1.29, 1.82) is 0 Å². The third kappa shape index (κ3) is 39.4. The topological polar surface area (TPSA) is 92.7 Å². The van der Waals surface area contributed by atoms with Gasteiger partial charge in [0, 0.05) is 12.8 Å². The van der Waals surface area contributed by atoms with Gasteiger partial charge in [0.25, 0.3) is 0 Å². The fourth-order valence-electron chi connectivity index (χ4n) is 5.52. The van der Waals surface area contributed by atoms with Crippen molar-refractivity contribution in [3.63, 3.8) is 0 Å². The van der Waals surface area contributed by atoms with E-state index in [1.807, 2.05) is 0 Å². The zero-order valence-electron chi connectivity index (χ0n) is 33.1. The Labute approximate surface area is 318 Å². The van der Waals surface area contributed by atoms with Crippen molar-refractivity contribution in [2.45, 2.75) is 180 Å². The van der Waals surface area contributed by atoms with Crippen LogP contribution in [0.25, 0.3) is 0 Å². The number of carboxylic acids is 1. The lowest BCUT2D eigenvalue weighted by Crippen LogP contribution is -2.28. The van der Waals surface area contributed by atoms with E-state index in [0.29, 0.717) is 12.8 Å². The molecule has 0 aromatic carbocycles. The van der Waals surface area contributed by atoms with Crippen molar-refractivity contribution in [1.82, 2.24) is 5.32 Å². The van der Waals surface area contributed by atoms with Gasteiger partial charge in [-0.1, -0.05) is 137 Å². The van der Waals surface area contributed by atoms with Crippen LogP contribution in [0.2, 0.25) is 0 Å². The summed E-state index contributed by atoms with van der Waals surface area (Å²) in [6.45, 7) is 4.06. The highest BCUT2D eigenvalue weighted by Crippen LogP contribution is 2.17. The van der Waals surface area contributed by atoms with E-state index in [1.165, 1.54) is 25.7 Å². The molecule has 0 heterocycles. The summed E-state index contributed by atoms with van der Waals surface area (Å²) in [5.41, 5.74) is 0. The van der Waals surface area contributed by atoms with Crippen LogP contribution in [0.3, 0.4) is 0 Å². The molecule has 0 saturated carbocycles. The Kier molecular flexibility index (Phi) is 37.7. The number of carboxylic acid groups (broad SMARTS) is 1. The smallest absolute Gasteiger partial charge is 0.322 e. The van der Waals surface area contributed by atoms with Gasteiger partial charge in [0.05, 0.1) is 0 Å². The quantitative estimate of drug-likeness (QED) is 0.0382. The van der Waals surface area contributed by atoms with Gasteiger partial charge >= 0.3 is 11.9 Å². The summed E-state index contributed by atoms with van der Waals surface area (Å²) < 4.78 is 5.98. The molecule has 1 atom stereocenters. The summed E-state index contributed by atoms with van der Waals surface area (Å²) in [4.78, 5) is 35.0. The summed E-state index contributed by atoms with van der Waals surface area (Å²) in [7, 11) is 0. The van der Waals surface area contributed by atoms with Crippen LogP contribution >= 0.6 is 0 Å². The molecule has 0 fully saturated rings. The summed E-state index contributed by atoms with van der Waals surface area (Å²) in [6.07, 6.45) is 55.6. The van der Waals surface area contributed by atoms with Crippen LogP contribution in [-0.4, -0.2) is 35.6 Å². The third-order valence-corrected chi connectivity index (χ3v) is 8.55. The Balaban J connectivity index is 4.29. The van der Waals surface area contributed by atoms with Gasteiger partial charge < -0.3 is 15.2 Å². The highest BCUT2D eigenvalue weighted by Gasteiger charge is 2.14. The Bertz CT molecular complexity index is 1060. The van der Waals surface area contributed by atoms with Gasteiger partial charge in [-0.2, -0.15) is 0 Å². The minimum atomic E-state index is -1.03. The average molecular weight is 722 g/mol. The van der Waals surface area contributed by atoms with E-state index in [9.17, 15) is 14.4 Å². The monoisotopic (exact) mass is 722 g/mol. The molecule has 0 rings (SSSR count). The average Bonchev–Trinajstić information content (AvgIpc) is 3.13. The molecular weight excluding hydrogens is 647 g/mol. The minimum absolute atomic E-state index is 0.0394. The zero-order valence-corrected chi connectivity index (χ0v) is 33.1. The summed E-state index contributed by atoms with van der Waals surface area (Å²) in [5.74, 6) is -1.31. The van der Waals surface area contributed by atoms with Crippen molar-refractivity contribution in [2.24, 2.45) is 0 Å². The maximum absolute atomic E-state index is 12.7. The van der Waals surface area contributed by atoms with Gasteiger partial charge in [0.2, 0.25) is 5.91 Å². The molecule has 0 saturated heterocycles. The van der Waals surface area contributed by atoms with Crippen molar-refractivity contribution in [2.75, 3.05) is 6.54 Å². The number of unbranched alkanes of at least 4 members (excludes halogenated alkanes) is 11. The van der Waals surface area contributed by atoms with E-state index in [2.05, 4.69) is 104 Å². The normalized spacial score (nSPS) is 13.0. The number of hydrogen-bond donors (Lipinski definition) is 2. The Morgan fingerprint density at radius 2 is 0.962 bits per heavy atom. The lowest BCUT2D eigenvalue weighted by atomic mass is 10.0. The molecule has 2 N–H and O–H groups in total. The van der Waals surface area contributed by atoms with Gasteiger partial charge in [-0.05, 0) is 109 Å². The number of nitrogens with one attached hydrogen (secondary N) is 1. The highest BCUT2D eigenvalue weighted by atomic mass is 16.5. The Hall–Kier alpha value is -3.41. The van der Waals surface area contributed by atoms with Crippen LogP contribution < -0.4 is 5.32 Å². The Morgan fingerprint density at radius 1 is 0.519 bits per heavy atom. The summed E-state index contributed by atoms with van der Waals surface area (Å²) in [6, 6.07) is 0. The predicted octanol–water partition coefficient (Wildman–Crippen LogP) is 12.8. The molecule has 0 aliphatic carbocycles. The lowest BCUT2D eigenvalue weighted by molar-refractivity contribution is -0.150. The molecule has 1 amide bonds. The lowest BCUT2D eigenvalue weighted by Gasteiger charge is -2.18. The maximum atomic E-state index is 12.7. The molecule has 6 nitrogen and oxygen atoms in total. The standard InChI is InChI=1S/C46H75NO5/c1-3-5-7-9-11-13-15-16-17-18-19-20-21-22-24-26-28-33-37-41-46(51)52-43(38-34-30-27-25-23-14-12-10-8-6-4-2)39-35-31-29-32-36-40-44(48)47-42-45(49)50/h5,7,11-14,16-17,19-20,22,24-25,27,43H,3-4,6,8-10,15,18,21,23,26,28-42H2,1-2H3,(H,47,48)(H,49,50)/b7-5-,13-11-,14-12-,17-16-,20-19-,24-22-,27-25-. The number of carbonyl (C=O) groups excluding carboxylic acids is 2. The maximum Gasteiger partial charge on any atom is 0.322 e. The van der Waals surface area contributed by atoms with E-state index in [4.69, 9.17) is 9.84 Å². The molecule has 294 valence electrons. The second kappa shape index (κ2) is 40.4. The van der Waals surface area contributed by atoms with Gasteiger partial charge in [0.1, 0.15) is 12.6 Å². The summed E-state index contributed by atoms with van der Waals surface area (Å²) in [5, 5.41) is 11.1. The minimum Gasteiger partial charge on any atom is -0.480 e. The Morgan fingerprint density at radius 3 is 1.52 bits per heavy atom. The van der Waals surface area contributed by atoms with Crippen molar-refractivity contribution in [3.8, 4) is 0 Å². The van der Waals surface area contributed by atoms with E-state index in [0.717, 1.165) is 122 Å². The van der Waals surface area contributed by atoms with Crippen LogP contribution in [0.4, 0.5) is 0 Å². The van der Waals surface area contributed by atoms with Crippen LogP contribution in [0.1, 0.15) is 174 Å². The molecule has 0 aliphatic rings. The van der Waals surface area contributed by atoms with Gasteiger partial charge in [-0.25, -0.2) is 0 Å². The number of aliphatic carboxylic acids is 1. The fourth-order valence-corrected chi connectivity index (χ4v) is 5.52. The number of ether oxygens (including phenoxy) is 1. The number of rotatable bonds is 36. The van der Waals surface area contributed by atoms with E-state index in [-0.39, 0.29) is 24.5 Å². The van der Waals surface area contributed by atoms with Crippen molar-refractivity contribution < 1.29 is 24.2 Å². The SMILES string of the molecule is CC/C=C\C/C=C\C/C=C\C/C=C\C/C=C\CCCCCC(=O)OC(CCC/C=C\C/C=C\CCCCC)CCCCCCCC(=O)NCC(=O)O. The van der Waals surface area contributed by atoms with Crippen LogP contribution in [-0.2, 0) is 19.1 Å². The first-order chi connectivity index (χ1) is 25.5. The molecule has 0 bridgehead atoms. The van der Waals surface area contributed by atoms with Gasteiger partial charge in [0.15, 0.2) is 0 Å². The van der Waals surface area contributed by atoms with Crippen LogP contribution in [0.5, 0.6) is 0 Å². The first-order valence-electron chi connectivity index (χ1n) is 20.7. The van der Waals surface area contributed by atoms with Crippen LogP contribution in [0.15, 0.2) is 85.1 Å². The first-order valence-corrected chi connectivity index (χ1v) is 20.7. The van der Waals surface area contributed by atoms with Gasteiger partial charge in [-0.15, -0.1) is 0 Å². The molecule has 0 aromatic heterocycles. The molecule has 0 aromatic rings.